The van der Waals surface area contributed by atoms with Gasteiger partial charge in [0.25, 0.3) is 5.91 Å². The zero-order valence-electron chi connectivity index (χ0n) is 14.8. The quantitative estimate of drug-likeness (QED) is 0.590. The van der Waals surface area contributed by atoms with E-state index in [1.807, 2.05) is 0 Å². The average Bonchev–Trinajstić information content (AvgIpc) is 2.59. The molecule has 1 saturated carbocycles. The number of halogens is 3. The maximum atomic E-state index is 13.6. The molecule has 1 aliphatic carbocycles. The van der Waals surface area contributed by atoms with Crippen molar-refractivity contribution in [2.24, 2.45) is 16.5 Å². The van der Waals surface area contributed by atoms with Crippen molar-refractivity contribution in [1.29, 1.82) is 0 Å². The standard InChI is InChI=1S/C17H22F3N3O3S/c1-2-10-8-14(27(25,26)11-6-4-3-5-7-11)13(17(18,19)20)9-12(10)15(24)23-16(21)22/h8-9,11H,2-7H2,1H3,(H4,21,22,23,24). The van der Waals surface area contributed by atoms with Crippen LogP contribution in [0.1, 0.15) is 60.5 Å². The first-order valence-corrected chi connectivity index (χ1v) is 10.1. The number of aryl methyl sites for hydroxylation is 1. The second-order valence-corrected chi connectivity index (χ2v) is 8.70. The summed E-state index contributed by atoms with van der Waals surface area (Å²) >= 11 is 0. The van der Waals surface area contributed by atoms with Crippen LogP contribution >= 0.6 is 0 Å². The van der Waals surface area contributed by atoms with E-state index in [1.165, 1.54) is 0 Å². The molecule has 4 N–H and O–H groups in total. The topological polar surface area (TPSA) is 116 Å². The molecule has 0 aliphatic heterocycles. The molecule has 6 nitrogen and oxygen atoms in total. The molecule has 10 heteroatoms. The molecule has 0 saturated heterocycles. The van der Waals surface area contributed by atoms with E-state index in [1.54, 1.807) is 6.92 Å². The number of nitrogens with two attached hydrogens (primary N) is 2. The Hall–Kier alpha value is -2.10. The highest BCUT2D eigenvalue weighted by molar-refractivity contribution is 7.92. The van der Waals surface area contributed by atoms with Crippen molar-refractivity contribution in [3.05, 3.63) is 28.8 Å². The molecule has 1 fully saturated rings. The molecular weight excluding hydrogens is 383 g/mol. The molecule has 0 aromatic heterocycles. The van der Waals surface area contributed by atoms with Crippen LogP contribution in [-0.4, -0.2) is 25.5 Å². The van der Waals surface area contributed by atoms with E-state index in [4.69, 9.17) is 11.5 Å². The number of rotatable bonds is 4. The Kier molecular flexibility index (Phi) is 6.18. The molecule has 0 unspecified atom stereocenters. The molecule has 27 heavy (non-hydrogen) atoms. The van der Waals surface area contributed by atoms with Gasteiger partial charge in [0.05, 0.1) is 15.7 Å². The van der Waals surface area contributed by atoms with Gasteiger partial charge >= 0.3 is 6.18 Å². The Bertz CT molecular complexity index is 854. The minimum absolute atomic E-state index is 0.145. The van der Waals surface area contributed by atoms with Gasteiger partial charge in [0.15, 0.2) is 15.8 Å². The SMILES string of the molecule is CCc1cc(S(=O)(=O)C2CCCCC2)c(C(F)(F)F)cc1C(=O)N=C(N)N. The molecular formula is C17H22F3N3O3S. The van der Waals surface area contributed by atoms with Crippen molar-refractivity contribution in [2.45, 2.75) is 61.8 Å². The van der Waals surface area contributed by atoms with Crippen LogP contribution in [0.15, 0.2) is 22.0 Å². The zero-order valence-corrected chi connectivity index (χ0v) is 15.7. The summed E-state index contributed by atoms with van der Waals surface area (Å²) in [6.45, 7) is 1.60. The highest BCUT2D eigenvalue weighted by atomic mass is 32.2. The predicted octanol–water partition coefficient (Wildman–Crippen LogP) is 2.79. The van der Waals surface area contributed by atoms with Crippen LogP contribution in [0.4, 0.5) is 13.2 Å². The average molecular weight is 405 g/mol. The van der Waals surface area contributed by atoms with Gasteiger partial charge in [0.2, 0.25) is 0 Å². The zero-order chi connectivity index (χ0) is 20.4. The number of nitrogens with zero attached hydrogens (tertiary/aromatic N) is 1. The maximum absolute atomic E-state index is 13.6. The minimum Gasteiger partial charge on any atom is -0.370 e. The number of guanidine groups is 1. The third-order valence-corrected chi connectivity index (χ3v) is 6.95. The molecule has 1 aromatic carbocycles. The van der Waals surface area contributed by atoms with Gasteiger partial charge in [-0.25, -0.2) is 8.42 Å². The molecule has 1 aromatic rings. The summed E-state index contributed by atoms with van der Waals surface area (Å²) in [6, 6.07) is 1.49. The van der Waals surface area contributed by atoms with Gasteiger partial charge in [-0.3, -0.25) is 4.79 Å². The molecule has 1 amide bonds. The fourth-order valence-corrected chi connectivity index (χ4v) is 5.40. The van der Waals surface area contributed by atoms with Gasteiger partial charge < -0.3 is 11.5 Å². The van der Waals surface area contributed by atoms with Gasteiger partial charge in [0, 0.05) is 5.56 Å². The van der Waals surface area contributed by atoms with Gasteiger partial charge in [0.1, 0.15) is 0 Å². The summed E-state index contributed by atoms with van der Waals surface area (Å²) in [5, 5.41) is -0.851. The Morgan fingerprint density at radius 2 is 1.78 bits per heavy atom. The number of amides is 1. The van der Waals surface area contributed by atoms with E-state index in [-0.39, 0.29) is 17.5 Å². The Morgan fingerprint density at radius 3 is 2.26 bits per heavy atom. The van der Waals surface area contributed by atoms with Crippen molar-refractivity contribution < 1.29 is 26.4 Å². The lowest BCUT2D eigenvalue weighted by atomic mass is 10.0. The first-order valence-electron chi connectivity index (χ1n) is 8.60. The van der Waals surface area contributed by atoms with E-state index >= 15 is 0 Å². The number of alkyl halides is 3. The smallest absolute Gasteiger partial charge is 0.370 e. The van der Waals surface area contributed by atoms with Crippen LogP contribution in [0, 0.1) is 0 Å². The van der Waals surface area contributed by atoms with Crippen LogP contribution < -0.4 is 11.5 Å². The first kappa shape index (κ1) is 21.2. The molecule has 0 spiro atoms. The van der Waals surface area contributed by atoms with E-state index in [9.17, 15) is 26.4 Å². The maximum Gasteiger partial charge on any atom is 0.417 e. The van der Waals surface area contributed by atoms with Crippen molar-refractivity contribution >= 4 is 21.7 Å². The van der Waals surface area contributed by atoms with Gasteiger partial charge in [-0.2, -0.15) is 18.2 Å². The van der Waals surface area contributed by atoms with Crippen LogP contribution in [0.3, 0.4) is 0 Å². The lowest BCUT2D eigenvalue weighted by molar-refractivity contribution is -0.139. The number of carbonyl (C=O) groups is 1. The Labute approximate surface area is 155 Å². The fraction of sp³-hybridized carbons (Fsp3) is 0.529. The fourth-order valence-electron chi connectivity index (χ4n) is 3.30. The molecule has 0 heterocycles. The largest absolute Gasteiger partial charge is 0.417 e. The predicted molar refractivity (Wildman–Crippen MR) is 95.0 cm³/mol. The van der Waals surface area contributed by atoms with Crippen molar-refractivity contribution in [3.8, 4) is 0 Å². The number of hydrogen-bond donors (Lipinski definition) is 2. The summed E-state index contributed by atoms with van der Waals surface area (Å²) < 4.78 is 66.7. The van der Waals surface area contributed by atoms with E-state index in [0.29, 0.717) is 31.7 Å². The third-order valence-electron chi connectivity index (χ3n) is 4.65. The minimum atomic E-state index is -4.95. The Morgan fingerprint density at radius 1 is 1.19 bits per heavy atom. The molecule has 0 atom stereocenters. The van der Waals surface area contributed by atoms with Gasteiger partial charge in [-0.05, 0) is 37.0 Å². The van der Waals surface area contributed by atoms with Crippen LogP contribution in [-0.2, 0) is 22.4 Å². The van der Waals surface area contributed by atoms with Crippen LogP contribution in [0.5, 0.6) is 0 Å². The molecule has 1 aliphatic rings. The number of hydrogen-bond acceptors (Lipinski definition) is 3. The second-order valence-electron chi connectivity index (χ2n) is 6.50. The lowest BCUT2D eigenvalue weighted by Crippen LogP contribution is -2.27. The third kappa shape index (κ3) is 4.60. The van der Waals surface area contributed by atoms with E-state index in [2.05, 4.69) is 4.99 Å². The lowest BCUT2D eigenvalue weighted by Gasteiger charge is -2.24. The molecule has 0 bridgehead atoms. The van der Waals surface area contributed by atoms with Gasteiger partial charge in [-0.15, -0.1) is 0 Å². The molecule has 0 radical (unpaired) electrons. The van der Waals surface area contributed by atoms with Crippen LogP contribution in [0.2, 0.25) is 0 Å². The van der Waals surface area contributed by atoms with E-state index in [0.717, 1.165) is 12.5 Å². The monoisotopic (exact) mass is 405 g/mol. The molecule has 150 valence electrons. The highest BCUT2D eigenvalue weighted by Gasteiger charge is 2.41. The second kappa shape index (κ2) is 7.87. The number of aliphatic imine (C=N–C) groups is 1. The Balaban J connectivity index is 2.70. The normalized spacial score (nSPS) is 16.1. The van der Waals surface area contributed by atoms with Crippen molar-refractivity contribution in [2.75, 3.05) is 0 Å². The van der Waals surface area contributed by atoms with Crippen LogP contribution in [0.25, 0.3) is 0 Å². The van der Waals surface area contributed by atoms with E-state index < -0.39 is 43.6 Å². The summed E-state index contributed by atoms with van der Waals surface area (Å²) in [6.07, 6.45) is -1.96. The summed E-state index contributed by atoms with van der Waals surface area (Å²) in [5.74, 6) is -1.63. The highest BCUT2D eigenvalue weighted by Crippen LogP contribution is 2.39. The van der Waals surface area contributed by atoms with Crippen molar-refractivity contribution in [3.63, 3.8) is 0 Å². The van der Waals surface area contributed by atoms with Crippen molar-refractivity contribution in [1.82, 2.24) is 0 Å². The summed E-state index contributed by atoms with van der Waals surface area (Å²) in [5.41, 5.74) is 8.69. The van der Waals surface area contributed by atoms with Gasteiger partial charge in [-0.1, -0.05) is 26.2 Å². The number of sulfone groups is 1. The summed E-state index contributed by atoms with van der Waals surface area (Å²) in [4.78, 5) is 14.6. The summed E-state index contributed by atoms with van der Waals surface area (Å²) in [7, 11) is -4.19. The number of carbonyl (C=O) groups excluding carboxylic acids is 1. The molecule has 2 rings (SSSR count). The first-order chi connectivity index (χ1) is 12.5. The number of benzene rings is 1.